The Morgan fingerprint density at radius 3 is 2.56 bits per heavy atom. The molecule has 2 nitrogen and oxygen atoms in total. The zero-order valence-electron chi connectivity index (χ0n) is 5.79. The summed E-state index contributed by atoms with van der Waals surface area (Å²) in [5.41, 5.74) is 0. The van der Waals surface area contributed by atoms with Gasteiger partial charge in [0.05, 0.1) is 0 Å². The van der Waals surface area contributed by atoms with Crippen LogP contribution >= 0.6 is 12.6 Å². The summed E-state index contributed by atoms with van der Waals surface area (Å²) < 4.78 is 0. The largest absolute Gasteiger partial charge is 0.356 e. The van der Waals surface area contributed by atoms with Gasteiger partial charge in [0.2, 0.25) is 6.41 Å². The summed E-state index contributed by atoms with van der Waals surface area (Å²) in [4.78, 5) is 9.86. The minimum atomic E-state index is 0.245. The summed E-state index contributed by atoms with van der Waals surface area (Å²) in [6.45, 7) is 3.97. The third-order valence-corrected chi connectivity index (χ3v) is 1.26. The van der Waals surface area contributed by atoms with E-state index in [0.717, 1.165) is 12.8 Å². The van der Waals surface area contributed by atoms with Crippen molar-refractivity contribution in [1.82, 2.24) is 5.32 Å². The van der Waals surface area contributed by atoms with Gasteiger partial charge in [-0.1, -0.05) is 6.92 Å². The lowest BCUT2D eigenvalue weighted by atomic mass is 10.2. The number of hydrogen-bond acceptors (Lipinski definition) is 2. The SMILES string of the molecule is CC(S)CC(C)NC=O. The van der Waals surface area contributed by atoms with Gasteiger partial charge in [0.15, 0.2) is 0 Å². The van der Waals surface area contributed by atoms with Crippen molar-refractivity contribution < 1.29 is 4.79 Å². The molecule has 0 radical (unpaired) electrons. The quantitative estimate of drug-likeness (QED) is 0.447. The zero-order valence-corrected chi connectivity index (χ0v) is 6.69. The summed E-state index contributed by atoms with van der Waals surface area (Å²) in [6, 6.07) is 0.245. The van der Waals surface area contributed by atoms with Crippen molar-refractivity contribution in [3.05, 3.63) is 0 Å². The molecule has 0 spiro atoms. The van der Waals surface area contributed by atoms with Crippen LogP contribution in [0, 0.1) is 0 Å². The lowest BCUT2D eigenvalue weighted by molar-refractivity contribution is -0.110. The van der Waals surface area contributed by atoms with Crippen LogP contribution in [0.4, 0.5) is 0 Å². The first-order valence-electron chi connectivity index (χ1n) is 3.04. The van der Waals surface area contributed by atoms with Gasteiger partial charge in [-0.2, -0.15) is 12.6 Å². The molecule has 0 saturated heterocycles. The van der Waals surface area contributed by atoms with Crippen LogP contribution in [0.5, 0.6) is 0 Å². The highest BCUT2D eigenvalue weighted by molar-refractivity contribution is 7.80. The highest BCUT2D eigenvalue weighted by atomic mass is 32.1. The molecule has 1 amide bonds. The molecule has 0 aliphatic carbocycles. The van der Waals surface area contributed by atoms with Crippen molar-refractivity contribution in [3.8, 4) is 0 Å². The number of amides is 1. The van der Waals surface area contributed by atoms with Gasteiger partial charge in [-0.25, -0.2) is 0 Å². The van der Waals surface area contributed by atoms with E-state index in [4.69, 9.17) is 0 Å². The van der Waals surface area contributed by atoms with Crippen LogP contribution in [0.3, 0.4) is 0 Å². The Bertz CT molecular complexity index is 85.1. The van der Waals surface area contributed by atoms with Crippen LogP contribution in [-0.2, 0) is 4.79 Å². The van der Waals surface area contributed by atoms with Gasteiger partial charge >= 0.3 is 0 Å². The van der Waals surface area contributed by atoms with E-state index in [1.807, 2.05) is 13.8 Å². The highest BCUT2D eigenvalue weighted by Crippen LogP contribution is 2.01. The molecule has 0 aromatic carbocycles. The predicted octanol–water partition coefficient (Wildman–Crippen LogP) is 0.829. The average Bonchev–Trinajstić information content (AvgIpc) is 1.63. The standard InChI is InChI=1S/C6H13NOS/c1-5(7-4-8)3-6(2)9/h4-6,9H,3H2,1-2H3,(H,7,8). The van der Waals surface area contributed by atoms with E-state index in [-0.39, 0.29) is 6.04 Å². The summed E-state index contributed by atoms with van der Waals surface area (Å²) >= 11 is 4.17. The van der Waals surface area contributed by atoms with Gasteiger partial charge in [0, 0.05) is 11.3 Å². The molecule has 9 heavy (non-hydrogen) atoms. The smallest absolute Gasteiger partial charge is 0.207 e. The fraction of sp³-hybridized carbons (Fsp3) is 0.833. The fourth-order valence-corrected chi connectivity index (χ4v) is 1.01. The van der Waals surface area contributed by atoms with Crippen LogP contribution in [-0.4, -0.2) is 17.7 Å². The molecule has 0 aliphatic heterocycles. The molecule has 3 heteroatoms. The molecule has 0 aromatic rings. The topological polar surface area (TPSA) is 29.1 Å². The van der Waals surface area contributed by atoms with Crippen LogP contribution in [0.15, 0.2) is 0 Å². The number of thiol groups is 1. The minimum Gasteiger partial charge on any atom is -0.356 e. The number of hydrogen-bond donors (Lipinski definition) is 2. The first kappa shape index (κ1) is 8.82. The van der Waals surface area contributed by atoms with Gasteiger partial charge in [-0.05, 0) is 13.3 Å². The predicted molar refractivity (Wildman–Crippen MR) is 41.7 cm³/mol. The summed E-state index contributed by atoms with van der Waals surface area (Å²) in [6.07, 6.45) is 1.64. The van der Waals surface area contributed by atoms with Gasteiger partial charge in [0.25, 0.3) is 0 Å². The Balaban J connectivity index is 3.25. The molecule has 2 atom stereocenters. The third kappa shape index (κ3) is 5.69. The Hall–Kier alpha value is -0.180. The lowest BCUT2D eigenvalue weighted by Crippen LogP contribution is -2.26. The summed E-state index contributed by atoms with van der Waals surface area (Å²) in [7, 11) is 0. The summed E-state index contributed by atoms with van der Waals surface area (Å²) in [5.74, 6) is 0. The molecule has 2 unspecified atom stereocenters. The first-order valence-corrected chi connectivity index (χ1v) is 3.56. The molecule has 1 N–H and O–H groups in total. The van der Waals surface area contributed by atoms with Gasteiger partial charge < -0.3 is 5.32 Å². The fourth-order valence-electron chi connectivity index (χ4n) is 0.696. The summed E-state index contributed by atoms with van der Waals surface area (Å²) in [5, 5.41) is 3.00. The van der Waals surface area contributed by atoms with Gasteiger partial charge in [0.1, 0.15) is 0 Å². The monoisotopic (exact) mass is 147 g/mol. The average molecular weight is 147 g/mol. The van der Waals surface area contributed by atoms with Crippen LogP contribution in [0.1, 0.15) is 20.3 Å². The second-order valence-corrected chi connectivity index (χ2v) is 3.15. The van der Waals surface area contributed by atoms with E-state index in [9.17, 15) is 4.79 Å². The second-order valence-electron chi connectivity index (χ2n) is 2.27. The van der Waals surface area contributed by atoms with E-state index in [1.54, 1.807) is 0 Å². The van der Waals surface area contributed by atoms with E-state index in [0.29, 0.717) is 5.25 Å². The third-order valence-electron chi connectivity index (χ3n) is 1.05. The maximum Gasteiger partial charge on any atom is 0.207 e. The molecular formula is C6H13NOS. The molecule has 0 fully saturated rings. The Morgan fingerprint density at radius 2 is 2.22 bits per heavy atom. The Labute approximate surface area is 61.4 Å². The van der Waals surface area contributed by atoms with Crippen molar-refractivity contribution in [2.75, 3.05) is 0 Å². The second kappa shape index (κ2) is 4.68. The van der Waals surface area contributed by atoms with Gasteiger partial charge in [-0.15, -0.1) is 0 Å². The highest BCUT2D eigenvalue weighted by Gasteiger charge is 2.01. The van der Waals surface area contributed by atoms with Gasteiger partial charge in [-0.3, -0.25) is 4.79 Å². The molecule has 0 aromatic heterocycles. The van der Waals surface area contributed by atoms with E-state index in [2.05, 4.69) is 17.9 Å². The maximum atomic E-state index is 9.86. The number of nitrogens with one attached hydrogen (secondary N) is 1. The molecule has 0 saturated carbocycles. The minimum absolute atomic E-state index is 0.245. The first-order chi connectivity index (χ1) is 4.16. The maximum absolute atomic E-state index is 9.86. The number of rotatable bonds is 4. The van der Waals surface area contributed by atoms with E-state index < -0.39 is 0 Å². The van der Waals surface area contributed by atoms with Crippen LogP contribution in [0.25, 0.3) is 0 Å². The Kier molecular flexibility index (Phi) is 4.58. The van der Waals surface area contributed by atoms with Crippen molar-refractivity contribution in [2.24, 2.45) is 0 Å². The molecule has 0 bridgehead atoms. The molecule has 54 valence electrons. The van der Waals surface area contributed by atoms with E-state index in [1.165, 1.54) is 0 Å². The van der Waals surface area contributed by atoms with Crippen molar-refractivity contribution in [3.63, 3.8) is 0 Å². The zero-order chi connectivity index (χ0) is 7.28. The van der Waals surface area contributed by atoms with Crippen LogP contribution < -0.4 is 5.32 Å². The number of carbonyl (C=O) groups excluding carboxylic acids is 1. The van der Waals surface area contributed by atoms with Crippen molar-refractivity contribution in [2.45, 2.75) is 31.6 Å². The number of carbonyl (C=O) groups is 1. The van der Waals surface area contributed by atoms with Crippen molar-refractivity contribution in [1.29, 1.82) is 0 Å². The molecule has 0 rings (SSSR count). The van der Waals surface area contributed by atoms with E-state index >= 15 is 0 Å². The molecule has 0 heterocycles. The molecule has 0 aliphatic rings. The van der Waals surface area contributed by atoms with Crippen LogP contribution in [0.2, 0.25) is 0 Å². The normalized spacial score (nSPS) is 16.3. The van der Waals surface area contributed by atoms with Crippen molar-refractivity contribution >= 4 is 19.0 Å². The molecular weight excluding hydrogens is 134 g/mol. The lowest BCUT2D eigenvalue weighted by Gasteiger charge is -2.10. The Morgan fingerprint density at radius 1 is 1.67 bits per heavy atom.